The molecule has 0 heterocycles. The second kappa shape index (κ2) is 52.3. The van der Waals surface area contributed by atoms with Crippen molar-refractivity contribution in [2.24, 2.45) is 0 Å². The molecule has 3 N–H and O–H groups in total. The molecule has 3 unspecified atom stereocenters. The Labute approximate surface area is 402 Å². The van der Waals surface area contributed by atoms with Crippen molar-refractivity contribution in [1.29, 1.82) is 0 Å². The van der Waals surface area contributed by atoms with Crippen molar-refractivity contribution in [2.45, 2.75) is 283 Å². The van der Waals surface area contributed by atoms with Crippen LogP contribution >= 0.6 is 0 Å². The largest absolute Gasteiger partial charge is 0.462 e. The highest BCUT2D eigenvalue weighted by atomic mass is 16.5. The van der Waals surface area contributed by atoms with E-state index in [0.29, 0.717) is 19.3 Å². The maximum atomic E-state index is 13.2. The number of allylic oxidation sites excluding steroid dienone is 12. The summed E-state index contributed by atoms with van der Waals surface area (Å²) in [5.74, 6) is -0.519. The monoisotopic (exact) mass is 908 g/mol. The van der Waals surface area contributed by atoms with Crippen molar-refractivity contribution in [3.05, 3.63) is 72.9 Å². The molecule has 0 fully saturated rings. The molecule has 6 heteroatoms. The Balaban J connectivity index is 4.68. The fraction of sp³-hybridized carbons (Fsp3) is 0.763. The van der Waals surface area contributed by atoms with Gasteiger partial charge in [0.25, 0.3) is 0 Å². The second-order valence-corrected chi connectivity index (χ2v) is 18.6. The van der Waals surface area contributed by atoms with Crippen LogP contribution in [0.2, 0.25) is 0 Å². The van der Waals surface area contributed by atoms with Crippen molar-refractivity contribution in [1.82, 2.24) is 5.32 Å². The van der Waals surface area contributed by atoms with E-state index in [1.54, 1.807) is 0 Å². The molecule has 0 saturated carbocycles. The Morgan fingerprint density at radius 1 is 0.446 bits per heavy atom. The van der Waals surface area contributed by atoms with Crippen LogP contribution in [0.3, 0.4) is 0 Å². The van der Waals surface area contributed by atoms with Crippen molar-refractivity contribution in [3.8, 4) is 0 Å². The summed E-state index contributed by atoms with van der Waals surface area (Å²) in [4.78, 5) is 26.2. The molecule has 0 aliphatic carbocycles. The number of unbranched alkanes of at least 4 members (excludes halogenated alkanes) is 25. The van der Waals surface area contributed by atoms with E-state index in [2.05, 4.69) is 99.0 Å². The van der Waals surface area contributed by atoms with Gasteiger partial charge in [-0.25, -0.2) is 0 Å². The summed E-state index contributed by atoms with van der Waals surface area (Å²) < 4.78 is 5.94. The quantitative estimate of drug-likeness (QED) is 0.0321. The third-order valence-electron chi connectivity index (χ3n) is 12.3. The lowest BCUT2D eigenvalue weighted by Gasteiger charge is -2.24. The van der Waals surface area contributed by atoms with Gasteiger partial charge in [-0.3, -0.25) is 9.59 Å². The molecule has 0 spiro atoms. The molecule has 0 saturated heterocycles. The van der Waals surface area contributed by atoms with Crippen LogP contribution in [0.5, 0.6) is 0 Å². The van der Waals surface area contributed by atoms with Gasteiger partial charge in [-0.1, -0.05) is 222 Å². The molecule has 0 aliphatic heterocycles. The fourth-order valence-electron chi connectivity index (χ4n) is 8.03. The number of esters is 1. The van der Waals surface area contributed by atoms with Crippen LogP contribution in [0.25, 0.3) is 0 Å². The minimum Gasteiger partial charge on any atom is -0.462 e. The number of carbonyl (C=O) groups is 2. The van der Waals surface area contributed by atoms with E-state index in [1.807, 2.05) is 0 Å². The summed E-state index contributed by atoms with van der Waals surface area (Å²) in [6.45, 7) is 6.42. The van der Waals surface area contributed by atoms with Gasteiger partial charge in [0.2, 0.25) is 5.91 Å². The zero-order chi connectivity index (χ0) is 47.4. The first kappa shape index (κ1) is 62.3. The van der Waals surface area contributed by atoms with Crippen molar-refractivity contribution >= 4 is 11.9 Å². The highest BCUT2D eigenvalue weighted by molar-refractivity contribution is 5.77. The Morgan fingerprint density at radius 2 is 0.785 bits per heavy atom. The first-order valence-electron chi connectivity index (χ1n) is 27.7. The van der Waals surface area contributed by atoms with E-state index in [4.69, 9.17) is 4.74 Å². The van der Waals surface area contributed by atoms with Crippen LogP contribution in [-0.4, -0.2) is 46.9 Å². The first-order valence-corrected chi connectivity index (χ1v) is 27.7. The molecule has 6 nitrogen and oxygen atoms in total. The van der Waals surface area contributed by atoms with Gasteiger partial charge in [0.15, 0.2) is 0 Å². The number of carbonyl (C=O) groups excluding carboxylic acids is 2. The van der Waals surface area contributed by atoms with E-state index >= 15 is 0 Å². The van der Waals surface area contributed by atoms with Gasteiger partial charge < -0.3 is 20.3 Å². The average Bonchev–Trinajstić information content (AvgIpc) is 3.30. The van der Waals surface area contributed by atoms with Crippen LogP contribution in [-0.2, 0) is 14.3 Å². The van der Waals surface area contributed by atoms with Gasteiger partial charge in [0.1, 0.15) is 6.10 Å². The standard InChI is InChI=1S/C59H105NO5/c1-4-7-10-13-16-19-22-25-27-29-31-33-35-38-41-44-47-50-55(65-59(64)52-49-46-43-40-37-34-32-30-28-26-23-20-17-14-11-8-5-2)53-58(63)60-56(54-61)57(62)51-48-45-42-39-36-24-21-18-15-12-9-6-3/h16-17,19-20,25-28,31-34,55-57,61-62H,4-15,18,21-24,29-30,35-54H2,1-3H3,(H,60,63)/b19-16-,20-17-,27-25-,28-26-,33-31-,34-32-. The van der Waals surface area contributed by atoms with E-state index in [0.717, 1.165) is 109 Å². The highest BCUT2D eigenvalue weighted by Gasteiger charge is 2.24. The van der Waals surface area contributed by atoms with Crippen molar-refractivity contribution < 1.29 is 24.5 Å². The van der Waals surface area contributed by atoms with E-state index in [-0.39, 0.29) is 24.9 Å². The zero-order valence-electron chi connectivity index (χ0n) is 42.9. The molecule has 376 valence electrons. The van der Waals surface area contributed by atoms with Crippen LogP contribution in [0, 0.1) is 0 Å². The predicted octanol–water partition coefficient (Wildman–Crippen LogP) is 17.0. The van der Waals surface area contributed by atoms with Gasteiger partial charge >= 0.3 is 5.97 Å². The molecule has 0 rings (SSSR count). The van der Waals surface area contributed by atoms with Crippen LogP contribution in [0.4, 0.5) is 0 Å². The number of hydrogen-bond acceptors (Lipinski definition) is 5. The smallest absolute Gasteiger partial charge is 0.306 e. The van der Waals surface area contributed by atoms with Gasteiger partial charge in [-0.2, -0.15) is 0 Å². The van der Waals surface area contributed by atoms with Gasteiger partial charge in [-0.15, -0.1) is 0 Å². The number of hydrogen-bond donors (Lipinski definition) is 3. The predicted molar refractivity (Wildman–Crippen MR) is 282 cm³/mol. The van der Waals surface area contributed by atoms with Gasteiger partial charge in [-0.05, 0) is 103 Å². The van der Waals surface area contributed by atoms with Gasteiger partial charge in [0.05, 0.1) is 25.2 Å². The molecule has 0 aromatic rings. The lowest BCUT2D eigenvalue weighted by molar-refractivity contribution is -0.151. The second-order valence-electron chi connectivity index (χ2n) is 18.6. The molecule has 0 aliphatic rings. The van der Waals surface area contributed by atoms with E-state index in [9.17, 15) is 19.8 Å². The van der Waals surface area contributed by atoms with Crippen molar-refractivity contribution in [2.75, 3.05) is 6.61 Å². The summed E-state index contributed by atoms with van der Waals surface area (Å²) in [5, 5.41) is 23.8. The Morgan fingerprint density at radius 3 is 1.22 bits per heavy atom. The summed E-state index contributed by atoms with van der Waals surface area (Å²) in [5.41, 5.74) is 0. The topological polar surface area (TPSA) is 95.9 Å². The maximum absolute atomic E-state index is 13.2. The number of nitrogens with one attached hydrogen (secondary N) is 1. The first-order chi connectivity index (χ1) is 32.0. The fourth-order valence-corrected chi connectivity index (χ4v) is 8.03. The van der Waals surface area contributed by atoms with Crippen LogP contribution < -0.4 is 5.32 Å². The van der Waals surface area contributed by atoms with E-state index in [1.165, 1.54) is 109 Å². The molecule has 65 heavy (non-hydrogen) atoms. The Hall–Kier alpha value is -2.70. The van der Waals surface area contributed by atoms with Crippen molar-refractivity contribution in [3.63, 3.8) is 0 Å². The van der Waals surface area contributed by atoms with Crippen LogP contribution in [0.15, 0.2) is 72.9 Å². The Kier molecular flexibility index (Phi) is 50.1. The summed E-state index contributed by atoms with van der Waals surface area (Å²) >= 11 is 0. The lowest BCUT2D eigenvalue weighted by atomic mass is 10.0. The maximum Gasteiger partial charge on any atom is 0.306 e. The summed E-state index contributed by atoms with van der Waals surface area (Å²) in [6.07, 6.45) is 66.7. The minimum absolute atomic E-state index is 0.0513. The average molecular weight is 908 g/mol. The van der Waals surface area contributed by atoms with E-state index < -0.39 is 18.2 Å². The zero-order valence-corrected chi connectivity index (χ0v) is 42.9. The normalized spacial score (nSPS) is 13.7. The SMILES string of the molecule is CCCCC/C=C\C/C=C\C/C=C\CCCCCCC(=O)OC(CCCCCC/C=C\C/C=C\C/C=C\CCCCC)CC(=O)NC(CO)C(O)CCCCCCCCCCCCCC. The van der Waals surface area contributed by atoms with Crippen LogP contribution in [0.1, 0.15) is 265 Å². The molecule has 0 radical (unpaired) electrons. The molecule has 3 atom stereocenters. The third kappa shape index (κ3) is 47.6. The molecule has 1 amide bonds. The van der Waals surface area contributed by atoms with Gasteiger partial charge in [0, 0.05) is 6.42 Å². The molecule has 0 bridgehead atoms. The molecule has 0 aromatic carbocycles. The minimum atomic E-state index is -0.801. The molecular weight excluding hydrogens is 803 g/mol. The highest BCUT2D eigenvalue weighted by Crippen LogP contribution is 2.17. The summed E-state index contributed by atoms with van der Waals surface area (Å²) in [7, 11) is 0. The third-order valence-corrected chi connectivity index (χ3v) is 12.3. The molecular formula is C59H105NO5. The summed E-state index contributed by atoms with van der Waals surface area (Å²) in [6, 6.07) is -0.717. The number of rotatable bonds is 49. The molecule has 0 aromatic heterocycles. The number of aliphatic hydroxyl groups is 2. The number of aliphatic hydroxyl groups excluding tert-OH is 2. The number of ether oxygens (including phenoxy) is 1. The lowest BCUT2D eigenvalue weighted by Crippen LogP contribution is -2.46. The Bertz CT molecular complexity index is 1200. The number of amides is 1.